The van der Waals surface area contributed by atoms with Crippen LogP contribution in [0.25, 0.3) is 0 Å². The molecule has 0 bridgehead atoms. The number of carboxylic acids is 1. The van der Waals surface area contributed by atoms with Crippen molar-refractivity contribution >= 4 is 41.7 Å². The molecule has 4 rings (SSSR count). The van der Waals surface area contributed by atoms with Gasteiger partial charge in [-0.25, -0.2) is 4.79 Å². The number of aromatic amines is 1. The van der Waals surface area contributed by atoms with Gasteiger partial charge in [0.15, 0.2) is 11.2 Å². The molecular formula is C21H29N7O5S2. The Morgan fingerprint density at radius 2 is 2.09 bits per heavy atom. The van der Waals surface area contributed by atoms with Gasteiger partial charge < -0.3 is 15.7 Å². The summed E-state index contributed by atoms with van der Waals surface area (Å²) in [5.41, 5.74) is 4.39. The van der Waals surface area contributed by atoms with Gasteiger partial charge in [0, 0.05) is 31.6 Å². The van der Waals surface area contributed by atoms with Crippen LogP contribution in [0.1, 0.15) is 25.7 Å². The van der Waals surface area contributed by atoms with E-state index in [1.54, 1.807) is 13.4 Å². The maximum absolute atomic E-state index is 12.9. The molecule has 4 N–H and O–H groups in total. The molecule has 3 aliphatic heterocycles. The lowest BCUT2D eigenvalue weighted by Gasteiger charge is -2.48. The summed E-state index contributed by atoms with van der Waals surface area (Å²) in [7, 11) is 1.54. The van der Waals surface area contributed by atoms with Crippen LogP contribution in [-0.2, 0) is 16.6 Å². The predicted octanol–water partition coefficient (Wildman–Crippen LogP) is -0.338. The second-order valence-corrected chi connectivity index (χ2v) is 10.8. The topological polar surface area (TPSA) is 167 Å². The molecule has 1 aromatic rings. The molecule has 14 heteroatoms. The van der Waals surface area contributed by atoms with E-state index < -0.39 is 23.1 Å². The molecule has 0 saturated carbocycles. The van der Waals surface area contributed by atoms with Gasteiger partial charge in [-0.3, -0.25) is 34.1 Å². The number of carbonyl (C=O) groups is 2. The van der Waals surface area contributed by atoms with E-state index >= 15 is 0 Å². The first kappa shape index (κ1) is 25.5. The minimum absolute atomic E-state index is 0.0344. The summed E-state index contributed by atoms with van der Waals surface area (Å²) in [4.78, 5) is 59.6. The Hall–Kier alpha value is -2.58. The summed E-state index contributed by atoms with van der Waals surface area (Å²) in [6.45, 7) is 2.51. The van der Waals surface area contributed by atoms with Gasteiger partial charge in [-0.05, 0) is 43.7 Å². The van der Waals surface area contributed by atoms with Gasteiger partial charge in [0.1, 0.15) is 11.1 Å². The van der Waals surface area contributed by atoms with Crippen LogP contribution in [0, 0.1) is 5.92 Å². The Labute approximate surface area is 210 Å². The first-order chi connectivity index (χ1) is 16.8. The fraction of sp³-hybridized carbons (Fsp3) is 0.619. The van der Waals surface area contributed by atoms with Crippen molar-refractivity contribution in [2.75, 3.05) is 31.1 Å². The number of β-lactam (4-membered cyclic amide) rings is 1. The molecule has 4 heterocycles. The first-order valence-electron chi connectivity index (χ1n) is 11.5. The Morgan fingerprint density at radius 3 is 2.77 bits per heavy atom. The molecule has 1 amide bonds. The highest BCUT2D eigenvalue weighted by atomic mass is 32.2. The number of nitrogens with zero attached hydrogens (tertiary/aromatic N) is 5. The molecule has 190 valence electrons. The fourth-order valence-corrected chi connectivity index (χ4v) is 6.85. The highest BCUT2D eigenvalue weighted by Gasteiger charge is 2.53. The molecule has 2 atom stereocenters. The van der Waals surface area contributed by atoms with Crippen molar-refractivity contribution in [3.8, 4) is 0 Å². The number of nitrogens with one attached hydrogen (secondary N) is 1. The molecule has 2 saturated heterocycles. The zero-order chi connectivity index (χ0) is 25.1. The smallest absolute Gasteiger partial charge is 0.352 e. The lowest BCUT2D eigenvalue weighted by atomic mass is 9.92. The van der Waals surface area contributed by atoms with Gasteiger partial charge in [0.05, 0.1) is 6.34 Å². The average molecular weight is 524 g/mol. The van der Waals surface area contributed by atoms with Crippen molar-refractivity contribution in [2.45, 2.75) is 42.3 Å². The third-order valence-electron chi connectivity index (χ3n) is 6.40. The van der Waals surface area contributed by atoms with Crippen molar-refractivity contribution < 1.29 is 14.7 Å². The molecule has 0 aliphatic carbocycles. The van der Waals surface area contributed by atoms with Crippen molar-refractivity contribution in [2.24, 2.45) is 23.7 Å². The second-order valence-electron chi connectivity index (χ2n) is 8.77. The van der Waals surface area contributed by atoms with Crippen molar-refractivity contribution in [3.05, 3.63) is 32.0 Å². The van der Waals surface area contributed by atoms with Crippen LogP contribution in [0.3, 0.4) is 0 Å². The lowest BCUT2D eigenvalue weighted by molar-refractivity contribution is -0.147. The number of fused-ring (bicyclic) bond motifs is 1. The van der Waals surface area contributed by atoms with E-state index in [-0.39, 0.29) is 27.9 Å². The summed E-state index contributed by atoms with van der Waals surface area (Å²) in [6, 6.07) is -0.597. The number of piperidine rings is 1. The quantitative estimate of drug-likeness (QED) is 0.128. The molecule has 1 aromatic heterocycles. The number of H-pyrrole nitrogens is 1. The second kappa shape index (κ2) is 11.0. The van der Waals surface area contributed by atoms with Crippen LogP contribution in [0.2, 0.25) is 0 Å². The number of thioether (sulfide) groups is 2. The predicted molar refractivity (Wildman–Crippen MR) is 133 cm³/mol. The summed E-state index contributed by atoms with van der Waals surface area (Å²) in [5, 5.41) is 12.1. The number of amides is 1. The van der Waals surface area contributed by atoms with Gasteiger partial charge in [0.25, 0.3) is 5.91 Å². The van der Waals surface area contributed by atoms with E-state index in [9.17, 15) is 24.3 Å². The first-order valence-corrected chi connectivity index (χ1v) is 13.5. The number of aryl methyl sites for hydroxylation is 1. The zero-order valence-electron chi connectivity index (χ0n) is 19.4. The number of hydrogen-bond donors (Lipinski definition) is 3. The van der Waals surface area contributed by atoms with Gasteiger partial charge >= 0.3 is 17.1 Å². The van der Waals surface area contributed by atoms with E-state index in [2.05, 4.69) is 20.0 Å². The summed E-state index contributed by atoms with van der Waals surface area (Å²) >= 11 is 2.60. The van der Waals surface area contributed by atoms with E-state index in [4.69, 9.17) is 5.73 Å². The molecule has 3 aliphatic rings. The third kappa shape index (κ3) is 5.48. The largest absolute Gasteiger partial charge is 0.477 e. The summed E-state index contributed by atoms with van der Waals surface area (Å²) in [5.74, 6) is -0.190. The zero-order valence-corrected chi connectivity index (χ0v) is 21.0. The van der Waals surface area contributed by atoms with Crippen molar-refractivity contribution in [1.82, 2.24) is 24.6 Å². The summed E-state index contributed by atoms with van der Waals surface area (Å²) in [6.07, 6.45) is 6.10. The molecular weight excluding hydrogens is 494 g/mol. The number of carbonyl (C=O) groups excluding carboxylic acids is 1. The standard InChI is InChI=1S/C21H29N7O5S2/c1-26-21(24-16(29)17(30)25-26)35-10-13-9-34-19-14(18(31)28(19)15(13)20(32)33)23-11-27-7-4-12(5-8-27)3-2-6-22/h11-12,14,19H,2-10,22H2,1H3,(H,25,30)(H,32,33)/t14?,19-/m0/s1. The Balaban J connectivity index is 1.40. The maximum atomic E-state index is 12.9. The Morgan fingerprint density at radius 1 is 1.34 bits per heavy atom. The minimum Gasteiger partial charge on any atom is -0.477 e. The molecule has 0 spiro atoms. The number of hydrogen-bond acceptors (Lipinski definition) is 9. The monoisotopic (exact) mass is 523 g/mol. The number of nitrogens with two attached hydrogens (primary N) is 1. The van der Waals surface area contributed by atoms with Crippen LogP contribution >= 0.6 is 23.5 Å². The van der Waals surface area contributed by atoms with Crippen LogP contribution in [0.5, 0.6) is 0 Å². The third-order valence-corrected chi connectivity index (χ3v) is 8.84. The van der Waals surface area contributed by atoms with Crippen LogP contribution in [0.4, 0.5) is 0 Å². The van der Waals surface area contributed by atoms with Crippen molar-refractivity contribution in [3.63, 3.8) is 0 Å². The number of aliphatic imine (C=N–C) groups is 1. The average Bonchev–Trinajstić information content (AvgIpc) is 2.84. The molecule has 12 nitrogen and oxygen atoms in total. The van der Waals surface area contributed by atoms with Crippen LogP contribution < -0.4 is 16.9 Å². The van der Waals surface area contributed by atoms with Crippen LogP contribution in [-0.4, -0.2) is 90.4 Å². The number of aliphatic carboxylic acids is 1. The molecule has 1 unspecified atom stereocenters. The molecule has 0 radical (unpaired) electrons. The Bertz CT molecular complexity index is 1160. The SMILES string of the molecule is Cn1[nH]c(=O)c(=O)nc1SCC1=C(C(=O)O)N2C(=O)C(N=CN3CCC(CCCN)CC3)[C@@H]2SC1. The number of likely N-dealkylation sites (tertiary alicyclic amines) is 1. The number of carboxylic acid groups (broad SMARTS) is 1. The van der Waals surface area contributed by atoms with Gasteiger partial charge in [0.2, 0.25) is 0 Å². The number of rotatable bonds is 9. The van der Waals surface area contributed by atoms with Gasteiger partial charge in [-0.2, -0.15) is 4.98 Å². The normalized spacial score (nSPS) is 23.1. The van der Waals surface area contributed by atoms with E-state index in [0.29, 0.717) is 17.2 Å². The highest BCUT2D eigenvalue weighted by Crippen LogP contribution is 2.42. The van der Waals surface area contributed by atoms with E-state index in [1.165, 1.54) is 21.3 Å². The maximum Gasteiger partial charge on any atom is 0.352 e. The fourth-order valence-electron chi connectivity index (χ4n) is 4.45. The van der Waals surface area contributed by atoms with E-state index in [1.807, 2.05) is 0 Å². The summed E-state index contributed by atoms with van der Waals surface area (Å²) < 4.78 is 1.31. The van der Waals surface area contributed by atoms with Gasteiger partial charge in [-0.15, -0.1) is 11.8 Å². The number of aromatic nitrogens is 3. The van der Waals surface area contributed by atoms with E-state index in [0.717, 1.165) is 57.1 Å². The van der Waals surface area contributed by atoms with Crippen LogP contribution in [0.15, 0.2) is 31.0 Å². The molecule has 2 fully saturated rings. The molecule has 35 heavy (non-hydrogen) atoms. The van der Waals surface area contributed by atoms with Crippen molar-refractivity contribution in [1.29, 1.82) is 0 Å². The minimum atomic E-state index is -1.18. The van der Waals surface area contributed by atoms with Gasteiger partial charge in [-0.1, -0.05) is 11.8 Å². The highest BCUT2D eigenvalue weighted by molar-refractivity contribution is 8.01. The molecule has 0 aromatic carbocycles. The lowest BCUT2D eigenvalue weighted by Crippen LogP contribution is -2.64. The Kier molecular flexibility index (Phi) is 8.02.